The van der Waals surface area contributed by atoms with Crippen molar-refractivity contribution in [2.75, 3.05) is 0 Å². The normalized spacial score (nSPS) is 39.2. The Bertz CT molecular complexity index is 266. The maximum Gasteiger partial charge on any atom is 0.251 e. The Labute approximate surface area is 117 Å². The van der Waals surface area contributed by atoms with Gasteiger partial charge in [0.1, 0.15) is 0 Å². The quantitative estimate of drug-likeness (QED) is 0.584. The van der Waals surface area contributed by atoms with E-state index in [0.717, 1.165) is 44.4 Å². The number of halogens is 2. The van der Waals surface area contributed by atoms with Crippen LogP contribution in [0, 0.1) is 23.7 Å². The highest BCUT2D eigenvalue weighted by Gasteiger charge is 2.48. The van der Waals surface area contributed by atoms with Crippen molar-refractivity contribution in [2.45, 2.75) is 84.0 Å². The van der Waals surface area contributed by atoms with Gasteiger partial charge < -0.3 is 0 Å². The van der Waals surface area contributed by atoms with Gasteiger partial charge >= 0.3 is 0 Å². The van der Waals surface area contributed by atoms with E-state index in [1.165, 1.54) is 19.3 Å². The molecule has 2 fully saturated rings. The molecule has 2 aliphatic carbocycles. The molecule has 2 saturated carbocycles. The van der Waals surface area contributed by atoms with Crippen LogP contribution in [0.15, 0.2) is 0 Å². The van der Waals surface area contributed by atoms with Crippen molar-refractivity contribution in [3.63, 3.8) is 0 Å². The smallest absolute Gasteiger partial charge is 0.207 e. The molecule has 0 aromatic rings. The average Bonchev–Trinajstić information content (AvgIpc) is 2.38. The predicted octanol–water partition coefficient (Wildman–Crippen LogP) is 6.05. The van der Waals surface area contributed by atoms with E-state index in [-0.39, 0.29) is 18.3 Å². The lowest BCUT2D eigenvalue weighted by atomic mass is 9.66. The summed E-state index contributed by atoms with van der Waals surface area (Å²) in [6.45, 7) is 4.34. The molecule has 0 nitrogen and oxygen atoms in total. The van der Waals surface area contributed by atoms with Crippen LogP contribution in [0.4, 0.5) is 8.78 Å². The molecule has 0 aliphatic heterocycles. The molecule has 2 unspecified atom stereocenters. The van der Waals surface area contributed by atoms with Crippen molar-refractivity contribution in [1.82, 2.24) is 0 Å². The van der Waals surface area contributed by atoms with Gasteiger partial charge in [-0.25, -0.2) is 8.78 Å². The van der Waals surface area contributed by atoms with Crippen molar-refractivity contribution in [1.29, 1.82) is 0 Å². The minimum atomic E-state index is -2.39. The van der Waals surface area contributed by atoms with Gasteiger partial charge in [-0.2, -0.15) is 0 Å². The van der Waals surface area contributed by atoms with Gasteiger partial charge in [0.05, 0.1) is 0 Å². The van der Waals surface area contributed by atoms with E-state index >= 15 is 0 Å². The lowest BCUT2D eigenvalue weighted by molar-refractivity contribution is -0.128. The second-order valence-corrected chi connectivity index (χ2v) is 6.99. The van der Waals surface area contributed by atoms with Gasteiger partial charge in [0.15, 0.2) is 0 Å². The molecule has 0 N–H and O–H groups in total. The molecule has 0 aromatic heterocycles. The molecule has 19 heavy (non-hydrogen) atoms. The first-order chi connectivity index (χ1) is 9.06. The summed E-state index contributed by atoms with van der Waals surface area (Å²) < 4.78 is 28.8. The molecule has 2 atom stereocenters. The summed E-state index contributed by atoms with van der Waals surface area (Å²) in [7, 11) is 0. The molecule has 112 valence electrons. The Morgan fingerprint density at radius 3 is 2.05 bits per heavy atom. The van der Waals surface area contributed by atoms with E-state index < -0.39 is 5.92 Å². The lowest BCUT2D eigenvalue weighted by Gasteiger charge is -2.42. The maximum atomic E-state index is 14.4. The predicted molar refractivity (Wildman–Crippen MR) is 76.4 cm³/mol. The van der Waals surface area contributed by atoms with Crippen molar-refractivity contribution in [3.05, 3.63) is 0 Å². The number of rotatable bonds is 4. The fraction of sp³-hybridized carbons (Fsp3) is 1.00. The number of hydrogen-bond acceptors (Lipinski definition) is 0. The van der Waals surface area contributed by atoms with Gasteiger partial charge in [0.2, 0.25) is 0 Å². The third kappa shape index (κ3) is 3.70. The maximum absolute atomic E-state index is 14.4. The fourth-order valence-corrected chi connectivity index (χ4v) is 4.50. The van der Waals surface area contributed by atoms with Crippen molar-refractivity contribution in [2.24, 2.45) is 23.7 Å². The summed E-state index contributed by atoms with van der Waals surface area (Å²) in [5.74, 6) is -1.30. The molecule has 0 bridgehead atoms. The third-order valence-electron chi connectivity index (χ3n) is 5.72. The van der Waals surface area contributed by atoms with Gasteiger partial charge in [0.25, 0.3) is 5.92 Å². The van der Waals surface area contributed by atoms with E-state index in [1.54, 1.807) is 0 Å². The summed E-state index contributed by atoms with van der Waals surface area (Å²) in [4.78, 5) is 0. The Morgan fingerprint density at radius 2 is 1.53 bits per heavy atom. The molecular formula is C17H30F2. The molecule has 0 saturated heterocycles. The van der Waals surface area contributed by atoms with E-state index in [4.69, 9.17) is 0 Å². The summed E-state index contributed by atoms with van der Waals surface area (Å²) >= 11 is 0. The van der Waals surface area contributed by atoms with E-state index in [1.807, 2.05) is 0 Å². The first kappa shape index (κ1) is 15.3. The molecule has 0 radical (unpaired) electrons. The zero-order chi connectivity index (χ0) is 13.9. The second kappa shape index (κ2) is 6.54. The number of hydrogen-bond donors (Lipinski definition) is 0. The second-order valence-electron chi connectivity index (χ2n) is 6.99. The standard InChI is InChI=1S/C17H30F2/c1-3-5-14-8-11-16(17(18,19)12-14)15-9-6-13(4-2)7-10-15/h13-16H,3-12H2,1-2H3. The molecule has 0 heterocycles. The average molecular weight is 272 g/mol. The highest BCUT2D eigenvalue weighted by molar-refractivity contribution is 4.91. The third-order valence-corrected chi connectivity index (χ3v) is 5.72. The van der Waals surface area contributed by atoms with Crippen molar-refractivity contribution in [3.8, 4) is 0 Å². The topological polar surface area (TPSA) is 0 Å². The van der Waals surface area contributed by atoms with Crippen molar-refractivity contribution >= 4 is 0 Å². The lowest BCUT2D eigenvalue weighted by Crippen LogP contribution is -2.41. The number of alkyl halides is 2. The molecule has 2 heteroatoms. The largest absolute Gasteiger partial charge is 0.251 e. The molecule has 2 rings (SSSR count). The van der Waals surface area contributed by atoms with Crippen LogP contribution in [-0.4, -0.2) is 5.92 Å². The van der Waals surface area contributed by atoms with Gasteiger partial charge in [-0.15, -0.1) is 0 Å². The summed E-state index contributed by atoms with van der Waals surface area (Å²) in [6, 6.07) is 0. The van der Waals surface area contributed by atoms with Gasteiger partial charge in [-0.1, -0.05) is 46.0 Å². The molecular weight excluding hydrogens is 242 g/mol. The zero-order valence-corrected chi connectivity index (χ0v) is 12.6. The highest BCUT2D eigenvalue weighted by atomic mass is 19.3. The van der Waals surface area contributed by atoms with E-state index in [0.29, 0.717) is 5.92 Å². The monoisotopic (exact) mass is 272 g/mol. The summed E-state index contributed by atoms with van der Waals surface area (Å²) in [5, 5.41) is 0. The minimum Gasteiger partial charge on any atom is -0.207 e. The van der Waals surface area contributed by atoms with Crippen LogP contribution >= 0.6 is 0 Å². The van der Waals surface area contributed by atoms with Crippen LogP contribution in [0.3, 0.4) is 0 Å². The summed E-state index contributed by atoms with van der Waals surface area (Å²) in [6.07, 6.45) is 9.73. The van der Waals surface area contributed by atoms with Crippen LogP contribution in [0.1, 0.15) is 78.1 Å². The van der Waals surface area contributed by atoms with Crippen LogP contribution in [0.5, 0.6) is 0 Å². The van der Waals surface area contributed by atoms with Gasteiger partial charge in [0, 0.05) is 12.3 Å². The van der Waals surface area contributed by atoms with Crippen LogP contribution in [0.25, 0.3) is 0 Å². The molecule has 0 spiro atoms. The Hall–Kier alpha value is -0.140. The fourth-order valence-electron chi connectivity index (χ4n) is 4.50. The SMILES string of the molecule is CCCC1CCC(C2CCC(CC)CC2)C(F)(F)C1. The van der Waals surface area contributed by atoms with E-state index in [9.17, 15) is 8.78 Å². The Balaban J connectivity index is 1.90. The van der Waals surface area contributed by atoms with Crippen LogP contribution < -0.4 is 0 Å². The van der Waals surface area contributed by atoms with Crippen LogP contribution in [0.2, 0.25) is 0 Å². The Kier molecular flexibility index (Phi) is 5.25. The zero-order valence-electron chi connectivity index (χ0n) is 12.6. The first-order valence-electron chi connectivity index (χ1n) is 8.44. The van der Waals surface area contributed by atoms with Gasteiger partial charge in [-0.3, -0.25) is 0 Å². The van der Waals surface area contributed by atoms with Gasteiger partial charge in [-0.05, 0) is 43.4 Å². The van der Waals surface area contributed by atoms with Crippen LogP contribution in [-0.2, 0) is 0 Å². The molecule has 0 aromatic carbocycles. The Morgan fingerprint density at radius 1 is 0.895 bits per heavy atom. The van der Waals surface area contributed by atoms with E-state index in [2.05, 4.69) is 13.8 Å². The summed E-state index contributed by atoms with van der Waals surface area (Å²) in [5.41, 5.74) is 0. The molecule has 0 amide bonds. The van der Waals surface area contributed by atoms with Crippen molar-refractivity contribution < 1.29 is 8.78 Å². The highest BCUT2D eigenvalue weighted by Crippen LogP contribution is 2.50. The molecule has 2 aliphatic rings. The first-order valence-corrected chi connectivity index (χ1v) is 8.44. The minimum absolute atomic E-state index is 0.166.